The zero-order chi connectivity index (χ0) is 12.5. The highest BCUT2D eigenvalue weighted by atomic mass is 16.5. The molecule has 3 rings (SSSR count). The standard InChI is InChI=1S/C12H20N4O2/c1-3-13-8(2)11-14-15-12(18-11)16-6-9-4-5-10(7-16)17-9/h8-10,13H,3-7H2,1-2H3. The van der Waals surface area contributed by atoms with Gasteiger partial charge in [-0.2, -0.15) is 0 Å². The first kappa shape index (κ1) is 11.9. The number of nitrogens with zero attached hydrogens (tertiary/aromatic N) is 3. The largest absolute Gasteiger partial charge is 0.406 e. The van der Waals surface area contributed by atoms with Crippen LogP contribution >= 0.6 is 0 Å². The van der Waals surface area contributed by atoms with Gasteiger partial charge in [-0.25, -0.2) is 0 Å². The van der Waals surface area contributed by atoms with Crippen LogP contribution in [0.1, 0.15) is 38.6 Å². The topological polar surface area (TPSA) is 63.4 Å². The summed E-state index contributed by atoms with van der Waals surface area (Å²) >= 11 is 0. The van der Waals surface area contributed by atoms with Gasteiger partial charge in [0.15, 0.2) is 0 Å². The molecule has 2 fully saturated rings. The van der Waals surface area contributed by atoms with Gasteiger partial charge in [0.05, 0.1) is 18.2 Å². The van der Waals surface area contributed by atoms with Gasteiger partial charge in [0.1, 0.15) is 0 Å². The number of morpholine rings is 1. The molecule has 0 aliphatic carbocycles. The van der Waals surface area contributed by atoms with Crippen molar-refractivity contribution in [2.24, 2.45) is 0 Å². The minimum absolute atomic E-state index is 0.106. The van der Waals surface area contributed by atoms with Crippen LogP contribution in [0.4, 0.5) is 6.01 Å². The van der Waals surface area contributed by atoms with E-state index in [-0.39, 0.29) is 6.04 Å². The summed E-state index contributed by atoms with van der Waals surface area (Å²) < 4.78 is 11.5. The van der Waals surface area contributed by atoms with Gasteiger partial charge in [0, 0.05) is 13.1 Å². The molecular weight excluding hydrogens is 232 g/mol. The molecule has 0 spiro atoms. The van der Waals surface area contributed by atoms with E-state index in [1.165, 1.54) is 0 Å². The van der Waals surface area contributed by atoms with Crippen LogP contribution < -0.4 is 10.2 Å². The molecule has 3 unspecified atom stereocenters. The first-order chi connectivity index (χ1) is 8.76. The SMILES string of the molecule is CCNC(C)c1nnc(N2CC3CCC(C2)O3)o1. The highest BCUT2D eigenvalue weighted by Crippen LogP contribution is 2.29. The van der Waals surface area contributed by atoms with Gasteiger partial charge in [-0.1, -0.05) is 12.0 Å². The summed E-state index contributed by atoms with van der Waals surface area (Å²) in [6.45, 7) is 6.72. The lowest BCUT2D eigenvalue weighted by molar-refractivity contribution is 0.0287. The van der Waals surface area contributed by atoms with E-state index in [1.807, 2.05) is 6.92 Å². The van der Waals surface area contributed by atoms with Crippen LogP contribution in [0, 0.1) is 0 Å². The first-order valence-electron chi connectivity index (χ1n) is 6.73. The summed E-state index contributed by atoms with van der Waals surface area (Å²) in [4.78, 5) is 2.15. The Kier molecular flexibility index (Phi) is 3.22. The molecule has 6 nitrogen and oxygen atoms in total. The second-order valence-electron chi connectivity index (χ2n) is 5.06. The van der Waals surface area contributed by atoms with E-state index in [4.69, 9.17) is 9.15 Å². The van der Waals surface area contributed by atoms with Crippen molar-refractivity contribution in [3.63, 3.8) is 0 Å². The number of ether oxygens (including phenoxy) is 1. The number of aromatic nitrogens is 2. The Morgan fingerprint density at radius 2 is 2.06 bits per heavy atom. The van der Waals surface area contributed by atoms with Crippen molar-refractivity contribution in [1.29, 1.82) is 0 Å². The van der Waals surface area contributed by atoms with Crippen LogP contribution in [0.25, 0.3) is 0 Å². The third-order valence-electron chi connectivity index (χ3n) is 3.62. The van der Waals surface area contributed by atoms with Crippen molar-refractivity contribution in [2.75, 3.05) is 24.5 Å². The Bertz CT molecular complexity index is 397. The van der Waals surface area contributed by atoms with Gasteiger partial charge >= 0.3 is 6.01 Å². The predicted octanol–water partition coefficient (Wildman–Crippen LogP) is 1.11. The molecule has 0 saturated carbocycles. The molecule has 1 N–H and O–H groups in total. The lowest BCUT2D eigenvalue weighted by Crippen LogP contribution is -2.42. The van der Waals surface area contributed by atoms with E-state index in [1.54, 1.807) is 0 Å². The van der Waals surface area contributed by atoms with Crippen LogP contribution in [-0.4, -0.2) is 42.0 Å². The van der Waals surface area contributed by atoms with E-state index < -0.39 is 0 Å². The Morgan fingerprint density at radius 3 is 2.72 bits per heavy atom. The summed E-state index contributed by atoms with van der Waals surface area (Å²) in [5.74, 6) is 0.658. The molecule has 0 aromatic carbocycles. The minimum atomic E-state index is 0.106. The summed E-state index contributed by atoms with van der Waals surface area (Å²) in [5.41, 5.74) is 0. The van der Waals surface area contributed by atoms with Crippen LogP contribution in [0.5, 0.6) is 0 Å². The van der Waals surface area contributed by atoms with E-state index in [9.17, 15) is 0 Å². The zero-order valence-electron chi connectivity index (χ0n) is 10.9. The number of nitrogens with one attached hydrogen (secondary N) is 1. The van der Waals surface area contributed by atoms with Crippen molar-refractivity contribution in [3.05, 3.63) is 5.89 Å². The zero-order valence-corrected chi connectivity index (χ0v) is 10.9. The fourth-order valence-corrected chi connectivity index (χ4v) is 2.69. The van der Waals surface area contributed by atoms with E-state index in [0.29, 0.717) is 24.1 Å². The molecule has 2 aliphatic heterocycles. The van der Waals surface area contributed by atoms with Gasteiger partial charge in [-0.3, -0.25) is 0 Å². The number of hydrogen-bond acceptors (Lipinski definition) is 6. The second kappa shape index (κ2) is 4.85. The maximum atomic E-state index is 5.80. The lowest BCUT2D eigenvalue weighted by Gasteiger charge is -2.30. The number of anilines is 1. The van der Waals surface area contributed by atoms with Crippen molar-refractivity contribution < 1.29 is 9.15 Å². The Morgan fingerprint density at radius 1 is 1.33 bits per heavy atom. The highest BCUT2D eigenvalue weighted by Gasteiger charge is 2.35. The molecule has 3 heterocycles. The van der Waals surface area contributed by atoms with Gasteiger partial charge in [0.25, 0.3) is 0 Å². The third-order valence-corrected chi connectivity index (χ3v) is 3.62. The molecule has 1 aromatic heterocycles. The fourth-order valence-electron chi connectivity index (χ4n) is 2.69. The number of fused-ring (bicyclic) bond motifs is 2. The summed E-state index contributed by atoms with van der Waals surface area (Å²) in [7, 11) is 0. The highest BCUT2D eigenvalue weighted by molar-refractivity contribution is 5.27. The summed E-state index contributed by atoms with van der Waals surface area (Å²) in [5, 5.41) is 11.5. The minimum Gasteiger partial charge on any atom is -0.406 e. The molecule has 0 radical (unpaired) electrons. The average molecular weight is 252 g/mol. The molecule has 3 atom stereocenters. The molecule has 1 aromatic rings. The van der Waals surface area contributed by atoms with Gasteiger partial charge in [0.2, 0.25) is 5.89 Å². The molecular formula is C12H20N4O2. The van der Waals surface area contributed by atoms with Crippen molar-refractivity contribution in [1.82, 2.24) is 15.5 Å². The smallest absolute Gasteiger partial charge is 0.318 e. The van der Waals surface area contributed by atoms with Crippen molar-refractivity contribution in [2.45, 2.75) is 44.9 Å². The van der Waals surface area contributed by atoms with Crippen LogP contribution in [0.3, 0.4) is 0 Å². The monoisotopic (exact) mass is 252 g/mol. The fraction of sp³-hybridized carbons (Fsp3) is 0.833. The quantitative estimate of drug-likeness (QED) is 0.866. The molecule has 2 aliphatic rings. The van der Waals surface area contributed by atoms with Crippen molar-refractivity contribution in [3.8, 4) is 0 Å². The maximum Gasteiger partial charge on any atom is 0.318 e. The Balaban J connectivity index is 1.69. The molecule has 18 heavy (non-hydrogen) atoms. The van der Waals surface area contributed by atoms with Crippen LogP contribution in [0.15, 0.2) is 4.42 Å². The number of rotatable bonds is 4. The second-order valence-corrected chi connectivity index (χ2v) is 5.06. The summed E-state index contributed by atoms with van der Waals surface area (Å²) in [6, 6.07) is 0.740. The summed E-state index contributed by atoms with van der Waals surface area (Å²) in [6.07, 6.45) is 2.97. The lowest BCUT2D eigenvalue weighted by atomic mass is 10.2. The Labute approximate surface area is 107 Å². The maximum absolute atomic E-state index is 5.80. The van der Waals surface area contributed by atoms with Gasteiger partial charge < -0.3 is 19.4 Å². The van der Waals surface area contributed by atoms with Gasteiger partial charge in [-0.05, 0) is 26.3 Å². The molecule has 2 saturated heterocycles. The van der Waals surface area contributed by atoms with Crippen LogP contribution in [-0.2, 0) is 4.74 Å². The number of hydrogen-bond donors (Lipinski definition) is 1. The van der Waals surface area contributed by atoms with Crippen molar-refractivity contribution >= 4 is 6.01 Å². The molecule has 6 heteroatoms. The van der Waals surface area contributed by atoms with E-state index in [2.05, 4.69) is 27.3 Å². The predicted molar refractivity (Wildman–Crippen MR) is 66.5 cm³/mol. The van der Waals surface area contributed by atoms with Gasteiger partial charge in [-0.15, -0.1) is 5.10 Å². The van der Waals surface area contributed by atoms with E-state index in [0.717, 1.165) is 32.5 Å². The molecule has 100 valence electrons. The first-order valence-corrected chi connectivity index (χ1v) is 6.73. The average Bonchev–Trinajstić information content (AvgIpc) is 2.97. The van der Waals surface area contributed by atoms with Crippen LogP contribution in [0.2, 0.25) is 0 Å². The molecule has 0 amide bonds. The van der Waals surface area contributed by atoms with E-state index >= 15 is 0 Å². The normalized spacial score (nSPS) is 28.7. The Hall–Kier alpha value is -1.14. The third kappa shape index (κ3) is 2.22. The molecule has 2 bridgehead atoms.